The Kier molecular flexibility index (Phi) is 2.26. The molecule has 0 radical (unpaired) electrons. The van der Waals surface area contributed by atoms with Gasteiger partial charge < -0.3 is 0 Å². The van der Waals surface area contributed by atoms with Crippen LogP contribution in [0.2, 0.25) is 5.02 Å². The zero-order chi connectivity index (χ0) is 9.42. The maximum Gasteiger partial charge on any atom is 0.0730 e. The van der Waals surface area contributed by atoms with Crippen LogP contribution in [0.4, 0.5) is 0 Å². The number of hydrogen-bond acceptors (Lipinski definition) is 1. The number of aromatic nitrogens is 1. The topological polar surface area (TPSA) is 12.9 Å². The SMILES string of the molecule is Cc1cc(Br)cc2nccc(Cl)c12. The fraction of sp³-hybridized carbons (Fsp3) is 0.100. The number of aryl methyl sites for hydroxylation is 1. The average molecular weight is 257 g/mol. The minimum atomic E-state index is 0.759. The lowest BCUT2D eigenvalue weighted by atomic mass is 10.1. The van der Waals surface area contributed by atoms with Crippen molar-refractivity contribution in [2.45, 2.75) is 6.92 Å². The van der Waals surface area contributed by atoms with Gasteiger partial charge in [-0.3, -0.25) is 4.98 Å². The van der Waals surface area contributed by atoms with Gasteiger partial charge in [0.05, 0.1) is 10.5 Å². The molecule has 2 aromatic rings. The largest absolute Gasteiger partial charge is 0.256 e. The zero-order valence-electron chi connectivity index (χ0n) is 7.01. The normalized spacial score (nSPS) is 10.7. The molecule has 1 nitrogen and oxygen atoms in total. The van der Waals surface area contributed by atoms with E-state index in [1.165, 1.54) is 0 Å². The molecule has 2 rings (SSSR count). The number of nitrogens with zero attached hydrogens (tertiary/aromatic N) is 1. The second-order valence-corrected chi connectivity index (χ2v) is 4.23. The van der Waals surface area contributed by atoms with Crippen LogP contribution >= 0.6 is 27.5 Å². The van der Waals surface area contributed by atoms with Crippen LogP contribution in [0.3, 0.4) is 0 Å². The summed E-state index contributed by atoms with van der Waals surface area (Å²) in [6.07, 6.45) is 1.72. The highest BCUT2D eigenvalue weighted by molar-refractivity contribution is 9.10. The molecule has 0 atom stereocenters. The summed E-state index contributed by atoms with van der Waals surface area (Å²) in [4.78, 5) is 4.25. The highest BCUT2D eigenvalue weighted by Crippen LogP contribution is 2.27. The lowest BCUT2D eigenvalue weighted by Crippen LogP contribution is -1.83. The Morgan fingerprint density at radius 2 is 2.15 bits per heavy atom. The van der Waals surface area contributed by atoms with Crippen LogP contribution in [0.1, 0.15) is 5.56 Å². The summed E-state index contributed by atoms with van der Waals surface area (Å²) in [6, 6.07) is 5.81. The number of benzene rings is 1. The molecule has 3 heteroatoms. The number of pyridine rings is 1. The molecule has 0 saturated heterocycles. The third kappa shape index (κ3) is 1.56. The molecule has 0 aliphatic rings. The average Bonchev–Trinajstić information content (AvgIpc) is 2.02. The fourth-order valence-corrected chi connectivity index (χ4v) is 2.27. The summed E-state index contributed by atoms with van der Waals surface area (Å²) in [7, 11) is 0. The van der Waals surface area contributed by atoms with Crippen molar-refractivity contribution < 1.29 is 0 Å². The van der Waals surface area contributed by atoms with Crippen LogP contribution in [0, 0.1) is 6.92 Å². The monoisotopic (exact) mass is 255 g/mol. The van der Waals surface area contributed by atoms with Crippen LogP contribution in [0.25, 0.3) is 10.9 Å². The van der Waals surface area contributed by atoms with Gasteiger partial charge in [0.15, 0.2) is 0 Å². The molecule has 1 aromatic heterocycles. The minimum absolute atomic E-state index is 0.759. The van der Waals surface area contributed by atoms with Gasteiger partial charge in [0, 0.05) is 16.1 Å². The summed E-state index contributed by atoms with van der Waals surface area (Å²) in [5.74, 6) is 0. The second kappa shape index (κ2) is 3.28. The maximum atomic E-state index is 6.06. The molecule has 0 aliphatic carbocycles. The molecular formula is C10H7BrClN. The molecule has 0 unspecified atom stereocenters. The summed E-state index contributed by atoms with van der Waals surface area (Å²) in [6.45, 7) is 2.03. The van der Waals surface area contributed by atoms with Crippen molar-refractivity contribution in [3.8, 4) is 0 Å². The molecule has 0 saturated carbocycles. The molecule has 0 amide bonds. The van der Waals surface area contributed by atoms with Gasteiger partial charge >= 0.3 is 0 Å². The first-order valence-corrected chi connectivity index (χ1v) is 5.06. The van der Waals surface area contributed by atoms with Gasteiger partial charge in [-0.1, -0.05) is 27.5 Å². The molecule has 0 aliphatic heterocycles. The van der Waals surface area contributed by atoms with Gasteiger partial charge in [-0.2, -0.15) is 0 Å². The predicted molar refractivity (Wildman–Crippen MR) is 59.2 cm³/mol. The van der Waals surface area contributed by atoms with Crippen molar-refractivity contribution in [3.05, 3.63) is 39.5 Å². The molecular weight excluding hydrogens is 249 g/mol. The van der Waals surface area contributed by atoms with Crippen molar-refractivity contribution in [1.82, 2.24) is 4.98 Å². The van der Waals surface area contributed by atoms with Gasteiger partial charge in [0.1, 0.15) is 0 Å². The summed E-state index contributed by atoms with van der Waals surface area (Å²) in [5.41, 5.74) is 2.07. The van der Waals surface area contributed by atoms with Crippen molar-refractivity contribution >= 4 is 38.4 Å². The van der Waals surface area contributed by atoms with E-state index in [2.05, 4.69) is 20.9 Å². The maximum absolute atomic E-state index is 6.06. The van der Waals surface area contributed by atoms with Gasteiger partial charge in [-0.15, -0.1) is 0 Å². The van der Waals surface area contributed by atoms with Crippen molar-refractivity contribution in [2.75, 3.05) is 0 Å². The molecule has 66 valence electrons. The van der Waals surface area contributed by atoms with Crippen LogP contribution < -0.4 is 0 Å². The van der Waals surface area contributed by atoms with E-state index >= 15 is 0 Å². The van der Waals surface area contributed by atoms with E-state index in [1.54, 1.807) is 6.20 Å². The van der Waals surface area contributed by atoms with Gasteiger partial charge in [0.2, 0.25) is 0 Å². The second-order valence-electron chi connectivity index (χ2n) is 2.91. The van der Waals surface area contributed by atoms with Crippen LogP contribution in [0.15, 0.2) is 28.9 Å². The zero-order valence-corrected chi connectivity index (χ0v) is 9.35. The Bertz CT molecular complexity index is 468. The predicted octanol–water partition coefficient (Wildman–Crippen LogP) is 3.96. The number of halogens is 2. The number of hydrogen-bond donors (Lipinski definition) is 0. The third-order valence-corrected chi connectivity index (χ3v) is 2.73. The molecule has 0 spiro atoms. The van der Waals surface area contributed by atoms with Crippen molar-refractivity contribution in [1.29, 1.82) is 0 Å². The molecule has 0 bridgehead atoms. The van der Waals surface area contributed by atoms with Gasteiger partial charge in [-0.05, 0) is 30.7 Å². The Morgan fingerprint density at radius 3 is 2.92 bits per heavy atom. The lowest BCUT2D eigenvalue weighted by Gasteiger charge is -2.03. The first-order valence-electron chi connectivity index (χ1n) is 3.89. The van der Waals surface area contributed by atoms with Crippen molar-refractivity contribution in [3.63, 3.8) is 0 Å². The van der Waals surface area contributed by atoms with E-state index in [4.69, 9.17) is 11.6 Å². The standard InChI is InChI=1S/C10H7BrClN/c1-6-4-7(11)5-9-10(6)8(12)2-3-13-9/h2-5H,1H3. The lowest BCUT2D eigenvalue weighted by molar-refractivity contribution is 1.38. The summed E-state index contributed by atoms with van der Waals surface area (Å²) < 4.78 is 1.03. The summed E-state index contributed by atoms with van der Waals surface area (Å²) in [5, 5.41) is 1.79. The molecule has 0 N–H and O–H groups in total. The van der Waals surface area contributed by atoms with Crippen LogP contribution in [0.5, 0.6) is 0 Å². The van der Waals surface area contributed by atoms with E-state index in [0.717, 1.165) is 26.0 Å². The Labute approximate surface area is 89.9 Å². The quantitative estimate of drug-likeness (QED) is 0.695. The molecule has 13 heavy (non-hydrogen) atoms. The highest BCUT2D eigenvalue weighted by Gasteiger charge is 2.03. The summed E-state index contributed by atoms with van der Waals surface area (Å²) >= 11 is 9.48. The van der Waals surface area contributed by atoms with E-state index in [1.807, 2.05) is 25.1 Å². The Morgan fingerprint density at radius 1 is 1.38 bits per heavy atom. The van der Waals surface area contributed by atoms with E-state index < -0.39 is 0 Å². The fourth-order valence-electron chi connectivity index (χ4n) is 1.40. The van der Waals surface area contributed by atoms with Crippen molar-refractivity contribution in [2.24, 2.45) is 0 Å². The molecule has 1 aromatic carbocycles. The first-order chi connectivity index (χ1) is 6.18. The number of rotatable bonds is 0. The van der Waals surface area contributed by atoms with Gasteiger partial charge in [0.25, 0.3) is 0 Å². The highest BCUT2D eigenvalue weighted by atomic mass is 79.9. The Balaban J connectivity index is 2.94. The van der Waals surface area contributed by atoms with E-state index in [0.29, 0.717) is 0 Å². The Hall–Kier alpha value is -0.600. The van der Waals surface area contributed by atoms with E-state index in [-0.39, 0.29) is 0 Å². The molecule has 0 fully saturated rings. The van der Waals surface area contributed by atoms with Crippen LogP contribution in [-0.2, 0) is 0 Å². The smallest absolute Gasteiger partial charge is 0.0730 e. The molecule has 1 heterocycles. The number of fused-ring (bicyclic) bond motifs is 1. The third-order valence-electron chi connectivity index (χ3n) is 1.95. The van der Waals surface area contributed by atoms with E-state index in [9.17, 15) is 0 Å². The minimum Gasteiger partial charge on any atom is -0.256 e. The van der Waals surface area contributed by atoms with Gasteiger partial charge in [-0.25, -0.2) is 0 Å². The first kappa shape index (κ1) is 8.97. The van der Waals surface area contributed by atoms with Crippen LogP contribution in [-0.4, -0.2) is 4.98 Å².